The number of amides is 1. The van der Waals surface area contributed by atoms with E-state index in [1.54, 1.807) is 41.6 Å². The lowest BCUT2D eigenvalue weighted by atomic mass is 9.89. The number of hydrogen-bond donors (Lipinski definition) is 1. The van der Waals surface area contributed by atoms with Gasteiger partial charge in [0.2, 0.25) is 5.95 Å². The van der Waals surface area contributed by atoms with E-state index in [0.29, 0.717) is 28.5 Å². The van der Waals surface area contributed by atoms with Gasteiger partial charge in [-0.05, 0) is 37.0 Å². The molecule has 1 aliphatic rings. The van der Waals surface area contributed by atoms with Crippen molar-refractivity contribution in [1.82, 2.24) is 24.8 Å². The molecule has 0 spiro atoms. The first-order valence-corrected chi connectivity index (χ1v) is 11.1. The number of piperidine rings is 1. The maximum atomic E-state index is 13.7. The Morgan fingerprint density at radius 3 is 2.53 bits per heavy atom. The highest BCUT2D eigenvalue weighted by atomic mass is 35.5. The number of rotatable bonds is 5. The quantitative estimate of drug-likeness (QED) is 0.544. The second kappa shape index (κ2) is 9.92. The number of halogens is 4. The Bertz CT molecular complexity index is 1140. The number of hydrogen-bond acceptors (Lipinski definition) is 6. The van der Waals surface area contributed by atoms with Crippen LogP contribution in [-0.4, -0.2) is 49.9 Å². The number of aromatic nitrogens is 4. The van der Waals surface area contributed by atoms with Crippen molar-refractivity contribution in [2.75, 3.05) is 18.4 Å². The van der Waals surface area contributed by atoms with E-state index in [2.05, 4.69) is 25.3 Å². The fourth-order valence-corrected chi connectivity index (χ4v) is 4.35. The van der Waals surface area contributed by atoms with Gasteiger partial charge in [-0.15, -0.1) is 0 Å². The molecule has 0 saturated carbocycles. The van der Waals surface area contributed by atoms with E-state index in [0.717, 1.165) is 25.2 Å². The lowest BCUT2D eigenvalue weighted by Gasteiger charge is -2.40. The van der Waals surface area contributed by atoms with E-state index in [4.69, 9.17) is 11.6 Å². The van der Waals surface area contributed by atoms with Crippen molar-refractivity contribution in [2.45, 2.75) is 32.0 Å². The Balaban J connectivity index is 1.57. The SMILES string of the molecule is C[C@@H]1CCCN(C(=O)c2cccc(Cl)c2-c2ncccn2)[C@@H]1CNc1ncc(C(F)(F)F)cn1. The number of likely N-dealkylation sites (tertiary alicyclic amines) is 1. The third-order valence-electron chi connectivity index (χ3n) is 5.86. The zero-order valence-electron chi connectivity index (χ0n) is 18.3. The predicted molar refractivity (Wildman–Crippen MR) is 121 cm³/mol. The van der Waals surface area contributed by atoms with Crippen molar-refractivity contribution >= 4 is 23.5 Å². The molecule has 0 unspecified atom stereocenters. The van der Waals surface area contributed by atoms with Crippen molar-refractivity contribution in [3.63, 3.8) is 0 Å². The molecule has 4 rings (SSSR count). The molecule has 0 aliphatic carbocycles. The molecule has 3 heterocycles. The number of alkyl halides is 3. The molecule has 178 valence electrons. The van der Waals surface area contributed by atoms with Gasteiger partial charge in [-0.3, -0.25) is 4.79 Å². The van der Waals surface area contributed by atoms with Crippen LogP contribution in [0.15, 0.2) is 49.1 Å². The van der Waals surface area contributed by atoms with Crippen LogP contribution in [0.5, 0.6) is 0 Å². The van der Waals surface area contributed by atoms with Gasteiger partial charge in [0, 0.05) is 37.9 Å². The normalized spacial score (nSPS) is 18.6. The molecule has 1 fully saturated rings. The number of anilines is 1. The Hall–Kier alpha value is -3.27. The summed E-state index contributed by atoms with van der Waals surface area (Å²) in [5, 5.41) is 3.35. The van der Waals surface area contributed by atoms with Crippen LogP contribution in [0.25, 0.3) is 11.4 Å². The lowest BCUT2D eigenvalue weighted by Crippen LogP contribution is -2.51. The van der Waals surface area contributed by atoms with E-state index in [9.17, 15) is 18.0 Å². The van der Waals surface area contributed by atoms with Crippen LogP contribution < -0.4 is 5.32 Å². The monoisotopic (exact) mass is 490 g/mol. The summed E-state index contributed by atoms with van der Waals surface area (Å²) in [4.78, 5) is 31.5. The van der Waals surface area contributed by atoms with Gasteiger partial charge in [-0.2, -0.15) is 13.2 Å². The Morgan fingerprint density at radius 1 is 1.15 bits per heavy atom. The summed E-state index contributed by atoms with van der Waals surface area (Å²) in [5.41, 5.74) is -0.0631. The Morgan fingerprint density at radius 2 is 1.85 bits per heavy atom. The Kier molecular flexibility index (Phi) is 6.97. The van der Waals surface area contributed by atoms with Crippen molar-refractivity contribution in [3.8, 4) is 11.4 Å². The molecule has 1 amide bonds. The largest absolute Gasteiger partial charge is 0.419 e. The molecule has 1 aliphatic heterocycles. The third kappa shape index (κ3) is 5.11. The van der Waals surface area contributed by atoms with Gasteiger partial charge < -0.3 is 10.2 Å². The van der Waals surface area contributed by atoms with Crippen LogP contribution in [0.3, 0.4) is 0 Å². The standard InChI is InChI=1S/C23H22ClF3N6O/c1-14-5-3-10-33(18(14)13-32-22-30-11-15(12-31-22)23(25,26)27)21(34)16-6-2-7-17(24)19(16)20-28-8-4-9-29-20/h2,4,6-9,11-12,14,18H,3,5,10,13H2,1H3,(H,30,31,32)/t14-,18-/m1/s1. The average molecular weight is 491 g/mol. The van der Waals surface area contributed by atoms with Crippen LogP contribution in [0.4, 0.5) is 19.1 Å². The van der Waals surface area contributed by atoms with Gasteiger partial charge in [0.1, 0.15) is 0 Å². The van der Waals surface area contributed by atoms with Crippen molar-refractivity contribution in [2.24, 2.45) is 5.92 Å². The van der Waals surface area contributed by atoms with Crippen LogP contribution >= 0.6 is 11.6 Å². The summed E-state index contributed by atoms with van der Waals surface area (Å²) in [6.07, 6.45) is 1.88. The van der Waals surface area contributed by atoms with Gasteiger partial charge in [-0.25, -0.2) is 19.9 Å². The van der Waals surface area contributed by atoms with Gasteiger partial charge in [0.05, 0.1) is 27.8 Å². The lowest BCUT2D eigenvalue weighted by molar-refractivity contribution is -0.138. The first-order chi connectivity index (χ1) is 16.3. The fourth-order valence-electron chi connectivity index (χ4n) is 4.09. The summed E-state index contributed by atoms with van der Waals surface area (Å²) in [7, 11) is 0. The average Bonchev–Trinajstić information content (AvgIpc) is 2.83. The molecule has 0 radical (unpaired) electrons. The number of carbonyl (C=O) groups excluding carboxylic acids is 1. The van der Waals surface area contributed by atoms with Crippen LogP contribution in [-0.2, 0) is 6.18 Å². The maximum absolute atomic E-state index is 13.7. The number of carbonyl (C=O) groups is 1. The van der Waals surface area contributed by atoms with E-state index in [1.807, 2.05) is 6.92 Å². The van der Waals surface area contributed by atoms with Crippen molar-refractivity contribution < 1.29 is 18.0 Å². The molecule has 7 nitrogen and oxygen atoms in total. The van der Waals surface area contributed by atoms with Crippen LogP contribution in [0.1, 0.15) is 35.7 Å². The second-order valence-corrected chi connectivity index (χ2v) is 8.50. The summed E-state index contributed by atoms with van der Waals surface area (Å²) in [5.74, 6) is 0.362. The molecule has 11 heteroatoms. The molecule has 1 N–H and O–H groups in total. The zero-order chi connectivity index (χ0) is 24.3. The highest BCUT2D eigenvalue weighted by molar-refractivity contribution is 6.34. The summed E-state index contributed by atoms with van der Waals surface area (Å²) >= 11 is 6.44. The zero-order valence-corrected chi connectivity index (χ0v) is 19.0. The van der Waals surface area contributed by atoms with Crippen molar-refractivity contribution in [3.05, 3.63) is 65.2 Å². The molecule has 0 bridgehead atoms. The first kappa shape index (κ1) is 23.9. The molecule has 34 heavy (non-hydrogen) atoms. The number of nitrogens with zero attached hydrogens (tertiary/aromatic N) is 5. The molecule has 1 aromatic carbocycles. The van der Waals surface area contributed by atoms with Crippen LogP contribution in [0.2, 0.25) is 5.02 Å². The fraction of sp³-hybridized carbons (Fsp3) is 0.348. The number of benzene rings is 1. The molecular formula is C23H22ClF3N6O. The first-order valence-electron chi connectivity index (χ1n) is 10.8. The molecular weight excluding hydrogens is 469 g/mol. The van der Waals surface area contributed by atoms with Gasteiger partial charge >= 0.3 is 6.18 Å². The minimum Gasteiger partial charge on any atom is -0.352 e. The summed E-state index contributed by atoms with van der Waals surface area (Å²) < 4.78 is 38.3. The summed E-state index contributed by atoms with van der Waals surface area (Å²) in [6, 6.07) is 6.54. The van der Waals surface area contributed by atoms with E-state index in [1.165, 1.54) is 0 Å². The summed E-state index contributed by atoms with van der Waals surface area (Å²) in [6.45, 7) is 2.86. The minimum atomic E-state index is -4.50. The molecule has 1 saturated heterocycles. The minimum absolute atomic E-state index is 0.0688. The predicted octanol–water partition coefficient (Wildman–Crippen LogP) is 4.96. The van der Waals surface area contributed by atoms with E-state index < -0.39 is 11.7 Å². The van der Waals surface area contributed by atoms with Gasteiger partial charge in [-0.1, -0.05) is 24.6 Å². The number of nitrogens with one attached hydrogen (secondary N) is 1. The molecule has 2 atom stereocenters. The van der Waals surface area contributed by atoms with Crippen LogP contribution in [0, 0.1) is 5.92 Å². The van der Waals surface area contributed by atoms with E-state index >= 15 is 0 Å². The maximum Gasteiger partial charge on any atom is 0.419 e. The smallest absolute Gasteiger partial charge is 0.352 e. The molecule has 3 aromatic rings. The highest BCUT2D eigenvalue weighted by Gasteiger charge is 2.34. The highest BCUT2D eigenvalue weighted by Crippen LogP contribution is 2.32. The van der Waals surface area contributed by atoms with Crippen molar-refractivity contribution in [1.29, 1.82) is 0 Å². The molecule has 2 aromatic heterocycles. The Labute approximate surface area is 199 Å². The topological polar surface area (TPSA) is 83.9 Å². The second-order valence-electron chi connectivity index (χ2n) is 8.09. The van der Waals surface area contributed by atoms with Gasteiger partial charge in [0.25, 0.3) is 5.91 Å². The van der Waals surface area contributed by atoms with E-state index in [-0.39, 0.29) is 30.4 Å². The third-order valence-corrected chi connectivity index (χ3v) is 6.17. The van der Waals surface area contributed by atoms with Gasteiger partial charge in [0.15, 0.2) is 5.82 Å².